The summed E-state index contributed by atoms with van der Waals surface area (Å²) >= 11 is 1.31. The van der Waals surface area contributed by atoms with Crippen molar-refractivity contribution in [3.63, 3.8) is 0 Å². The highest BCUT2D eigenvalue weighted by Gasteiger charge is 2.17. The molecule has 0 radical (unpaired) electrons. The highest BCUT2D eigenvalue weighted by Crippen LogP contribution is 2.23. The van der Waals surface area contributed by atoms with E-state index in [1.54, 1.807) is 6.92 Å². The van der Waals surface area contributed by atoms with Crippen LogP contribution in [-0.2, 0) is 9.47 Å². The fourth-order valence-corrected chi connectivity index (χ4v) is 2.45. The summed E-state index contributed by atoms with van der Waals surface area (Å²) in [5.41, 5.74) is 3.87. The molecule has 0 amide bonds. The van der Waals surface area contributed by atoms with E-state index >= 15 is 0 Å². The molecule has 2 rings (SSSR count). The summed E-state index contributed by atoms with van der Waals surface area (Å²) in [6.07, 6.45) is 0. The maximum atomic E-state index is 11.4. The monoisotopic (exact) mass is 257 g/mol. The van der Waals surface area contributed by atoms with Crippen LogP contribution in [0.5, 0.6) is 0 Å². The number of carbonyl (C=O) groups excluding carboxylic acids is 1. The predicted molar refractivity (Wildman–Crippen MR) is 64.2 cm³/mol. The number of aromatic nitrogens is 1. The summed E-state index contributed by atoms with van der Waals surface area (Å²) in [6, 6.07) is 0. The van der Waals surface area contributed by atoms with Crippen molar-refractivity contribution in [2.45, 2.75) is 6.92 Å². The molecule has 1 aliphatic heterocycles. The van der Waals surface area contributed by atoms with E-state index in [-0.39, 0.29) is 5.97 Å². The second-order valence-corrected chi connectivity index (χ2v) is 4.64. The second kappa shape index (κ2) is 5.44. The molecular weight excluding hydrogens is 242 g/mol. The van der Waals surface area contributed by atoms with Crippen LogP contribution >= 0.6 is 11.3 Å². The van der Waals surface area contributed by atoms with Crippen LogP contribution in [0.3, 0.4) is 0 Å². The number of nitrogens with one attached hydrogen (secondary N) is 1. The van der Waals surface area contributed by atoms with Gasteiger partial charge in [0.15, 0.2) is 5.13 Å². The van der Waals surface area contributed by atoms with Gasteiger partial charge in [-0.1, -0.05) is 11.3 Å². The predicted octanol–water partition coefficient (Wildman–Crippen LogP) is 0.897. The van der Waals surface area contributed by atoms with E-state index < -0.39 is 0 Å². The minimum absolute atomic E-state index is 0.338. The Kier molecular flexibility index (Phi) is 3.93. The van der Waals surface area contributed by atoms with Gasteiger partial charge in [0, 0.05) is 13.1 Å². The lowest BCUT2D eigenvalue weighted by Crippen LogP contribution is -2.40. The lowest BCUT2D eigenvalue weighted by atomic mass is 10.4. The maximum absolute atomic E-state index is 11.4. The first-order chi connectivity index (χ1) is 8.20. The molecule has 2 heterocycles. The van der Waals surface area contributed by atoms with Crippen LogP contribution in [0.1, 0.15) is 15.4 Å². The fraction of sp³-hybridized carbons (Fsp3) is 0.600. The Hall–Kier alpha value is -1.18. The van der Waals surface area contributed by atoms with Gasteiger partial charge >= 0.3 is 5.97 Å². The number of hydrogen-bond acceptors (Lipinski definition) is 7. The molecule has 1 saturated heterocycles. The largest absolute Gasteiger partial charge is 0.465 e. The fourth-order valence-electron chi connectivity index (χ4n) is 1.54. The Morgan fingerprint density at radius 1 is 1.53 bits per heavy atom. The van der Waals surface area contributed by atoms with Crippen molar-refractivity contribution >= 4 is 22.4 Å². The van der Waals surface area contributed by atoms with Crippen molar-refractivity contribution in [2.24, 2.45) is 0 Å². The molecule has 7 heteroatoms. The number of anilines is 1. The Bertz CT molecular complexity index is 402. The van der Waals surface area contributed by atoms with Crippen molar-refractivity contribution < 1.29 is 14.3 Å². The zero-order valence-corrected chi connectivity index (χ0v) is 10.7. The number of hydrogen-bond donors (Lipinski definition) is 1. The van der Waals surface area contributed by atoms with Crippen molar-refractivity contribution in [1.29, 1.82) is 0 Å². The van der Waals surface area contributed by atoms with Crippen LogP contribution in [0.2, 0.25) is 0 Å². The second-order valence-electron chi connectivity index (χ2n) is 3.64. The third-order valence-corrected chi connectivity index (χ3v) is 3.47. The van der Waals surface area contributed by atoms with Gasteiger partial charge in [0.1, 0.15) is 4.88 Å². The van der Waals surface area contributed by atoms with Gasteiger partial charge in [-0.25, -0.2) is 14.8 Å². The lowest BCUT2D eigenvalue weighted by Gasteiger charge is -2.26. The highest BCUT2D eigenvalue weighted by atomic mass is 32.1. The van der Waals surface area contributed by atoms with E-state index in [0.29, 0.717) is 28.9 Å². The van der Waals surface area contributed by atoms with E-state index in [9.17, 15) is 4.79 Å². The summed E-state index contributed by atoms with van der Waals surface area (Å²) < 4.78 is 9.94. The Morgan fingerprint density at radius 2 is 2.24 bits per heavy atom. The average molecular weight is 257 g/mol. The normalized spacial score (nSPS) is 16.8. The number of aryl methyl sites for hydroxylation is 1. The number of methoxy groups -OCH3 is 1. The third kappa shape index (κ3) is 2.93. The van der Waals surface area contributed by atoms with Crippen LogP contribution in [0.25, 0.3) is 0 Å². The maximum Gasteiger partial charge on any atom is 0.350 e. The molecule has 0 aliphatic carbocycles. The van der Waals surface area contributed by atoms with E-state index in [2.05, 4.69) is 10.4 Å². The number of morpholine rings is 1. The van der Waals surface area contributed by atoms with E-state index in [0.717, 1.165) is 13.1 Å². The third-order valence-electron chi connectivity index (χ3n) is 2.43. The number of nitrogens with zero attached hydrogens (tertiary/aromatic N) is 2. The van der Waals surface area contributed by atoms with E-state index in [1.165, 1.54) is 18.4 Å². The molecule has 94 valence electrons. The van der Waals surface area contributed by atoms with Crippen LogP contribution in [-0.4, -0.2) is 49.4 Å². The summed E-state index contributed by atoms with van der Waals surface area (Å²) in [4.78, 5) is 16.3. The Balaban J connectivity index is 2.03. The van der Waals surface area contributed by atoms with Crippen molar-refractivity contribution in [3.8, 4) is 0 Å². The highest BCUT2D eigenvalue weighted by molar-refractivity contribution is 7.17. The van der Waals surface area contributed by atoms with Gasteiger partial charge in [-0.2, -0.15) is 0 Å². The van der Waals surface area contributed by atoms with E-state index in [4.69, 9.17) is 9.47 Å². The molecule has 1 aliphatic rings. The molecule has 17 heavy (non-hydrogen) atoms. The van der Waals surface area contributed by atoms with E-state index in [1.807, 2.05) is 5.01 Å². The first-order valence-corrected chi connectivity index (χ1v) is 6.17. The number of ether oxygens (including phenoxy) is 2. The molecular formula is C10H15N3O3S. The molecule has 0 bridgehead atoms. The van der Waals surface area contributed by atoms with Crippen LogP contribution in [0.15, 0.2) is 0 Å². The summed E-state index contributed by atoms with van der Waals surface area (Å²) in [7, 11) is 1.37. The molecule has 0 unspecified atom stereocenters. The van der Waals surface area contributed by atoms with Crippen molar-refractivity contribution in [1.82, 2.24) is 9.99 Å². The summed E-state index contributed by atoms with van der Waals surface area (Å²) in [6.45, 7) is 4.84. The molecule has 0 spiro atoms. The molecule has 0 atom stereocenters. The number of hydrazine groups is 1. The zero-order chi connectivity index (χ0) is 12.3. The van der Waals surface area contributed by atoms with Gasteiger partial charge < -0.3 is 9.47 Å². The Labute approximate surface area is 104 Å². The quantitative estimate of drug-likeness (QED) is 0.812. The SMILES string of the molecule is COC(=O)c1sc(NN2CCOCC2)nc1C. The minimum atomic E-state index is -0.338. The first kappa shape index (κ1) is 12.3. The number of carbonyl (C=O) groups is 1. The van der Waals surface area contributed by atoms with Gasteiger partial charge in [-0.05, 0) is 6.92 Å². The van der Waals surface area contributed by atoms with Gasteiger partial charge in [0.05, 0.1) is 26.0 Å². The van der Waals surface area contributed by atoms with Crippen LogP contribution < -0.4 is 5.43 Å². The van der Waals surface area contributed by atoms with Gasteiger partial charge in [0.2, 0.25) is 0 Å². The van der Waals surface area contributed by atoms with Gasteiger partial charge in [-0.3, -0.25) is 5.43 Å². The minimum Gasteiger partial charge on any atom is -0.465 e. The van der Waals surface area contributed by atoms with Crippen LogP contribution in [0.4, 0.5) is 5.13 Å². The first-order valence-electron chi connectivity index (χ1n) is 5.36. The van der Waals surface area contributed by atoms with Gasteiger partial charge in [0.25, 0.3) is 0 Å². The average Bonchev–Trinajstić information content (AvgIpc) is 2.70. The molecule has 1 fully saturated rings. The van der Waals surface area contributed by atoms with Crippen LogP contribution in [0, 0.1) is 6.92 Å². The Morgan fingerprint density at radius 3 is 2.88 bits per heavy atom. The standard InChI is InChI=1S/C10H15N3O3S/c1-7-8(9(14)15-2)17-10(11-7)12-13-3-5-16-6-4-13/h3-6H2,1-2H3,(H,11,12). The summed E-state index contributed by atoms with van der Waals surface area (Å²) in [5.74, 6) is -0.338. The molecule has 1 aromatic heterocycles. The molecule has 1 N–H and O–H groups in total. The zero-order valence-electron chi connectivity index (χ0n) is 9.86. The number of thiazole rings is 1. The van der Waals surface area contributed by atoms with Gasteiger partial charge in [-0.15, -0.1) is 0 Å². The lowest BCUT2D eigenvalue weighted by molar-refractivity contribution is 0.0497. The molecule has 0 saturated carbocycles. The topological polar surface area (TPSA) is 63.7 Å². The van der Waals surface area contributed by atoms with Crippen molar-refractivity contribution in [2.75, 3.05) is 38.8 Å². The summed E-state index contributed by atoms with van der Waals surface area (Å²) in [5, 5.41) is 2.74. The number of rotatable bonds is 3. The number of esters is 1. The molecule has 1 aromatic rings. The van der Waals surface area contributed by atoms with Crippen molar-refractivity contribution in [3.05, 3.63) is 10.6 Å². The smallest absolute Gasteiger partial charge is 0.350 e. The molecule has 0 aromatic carbocycles. The molecule has 6 nitrogen and oxygen atoms in total.